The number of carboxylic acids is 1. The van der Waals surface area contributed by atoms with Crippen LogP contribution in [-0.4, -0.2) is 63.1 Å². The first kappa shape index (κ1) is 13.0. The minimum absolute atomic E-state index is 0.0481. The lowest BCUT2D eigenvalue weighted by molar-refractivity contribution is -0.144. The van der Waals surface area contributed by atoms with E-state index in [1.54, 1.807) is 10.9 Å². The highest BCUT2D eigenvalue weighted by atomic mass is 16.4. The van der Waals surface area contributed by atoms with Gasteiger partial charge in [0.2, 0.25) is 0 Å². The number of aliphatic hydroxyl groups is 1. The third kappa shape index (κ3) is 3.06. The lowest BCUT2D eigenvalue weighted by Crippen LogP contribution is -2.54. The summed E-state index contributed by atoms with van der Waals surface area (Å²) in [6.45, 7) is 3.07. The standard InChI is InChI=1S/C11H18N4O3/c16-4-3-15-8-9(5-13-15)7-14-2-1-12-6-10(14)11(17)18/h5,8,10,12,16H,1-4,6-7H2,(H,17,18). The van der Waals surface area contributed by atoms with E-state index in [2.05, 4.69) is 10.4 Å². The lowest BCUT2D eigenvalue weighted by Gasteiger charge is -2.32. The van der Waals surface area contributed by atoms with Gasteiger partial charge in [0.1, 0.15) is 6.04 Å². The van der Waals surface area contributed by atoms with Gasteiger partial charge in [-0.3, -0.25) is 14.4 Å². The van der Waals surface area contributed by atoms with Gasteiger partial charge in [0, 0.05) is 37.9 Å². The number of carboxylic acid groups (broad SMARTS) is 1. The van der Waals surface area contributed by atoms with Gasteiger partial charge in [0.25, 0.3) is 0 Å². The number of hydrogen-bond donors (Lipinski definition) is 3. The topological polar surface area (TPSA) is 90.6 Å². The summed E-state index contributed by atoms with van der Waals surface area (Å²) >= 11 is 0. The maximum atomic E-state index is 11.1. The fourth-order valence-electron chi connectivity index (χ4n) is 2.13. The normalized spacial score (nSPS) is 21.1. The Morgan fingerprint density at radius 2 is 2.44 bits per heavy atom. The summed E-state index contributed by atoms with van der Waals surface area (Å²) in [6, 6.07) is -0.486. The molecule has 0 aliphatic carbocycles. The fraction of sp³-hybridized carbons (Fsp3) is 0.636. The van der Waals surface area contributed by atoms with Crippen LogP contribution in [-0.2, 0) is 17.9 Å². The van der Waals surface area contributed by atoms with Crippen LogP contribution in [0.5, 0.6) is 0 Å². The summed E-state index contributed by atoms with van der Waals surface area (Å²) in [4.78, 5) is 13.1. The van der Waals surface area contributed by atoms with Crippen molar-refractivity contribution in [3.05, 3.63) is 18.0 Å². The molecule has 0 aromatic carbocycles. The van der Waals surface area contributed by atoms with Gasteiger partial charge in [-0.05, 0) is 0 Å². The number of piperazine rings is 1. The third-order valence-corrected chi connectivity index (χ3v) is 3.04. The molecule has 1 aliphatic heterocycles. The van der Waals surface area contributed by atoms with Gasteiger partial charge in [0.15, 0.2) is 0 Å². The fourth-order valence-corrected chi connectivity index (χ4v) is 2.13. The highest BCUT2D eigenvalue weighted by molar-refractivity contribution is 5.73. The third-order valence-electron chi connectivity index (χ3n) is 3.04. The van der Waals surface area contributed by atoms with Gasteiger partial charge in [-0.25, -0.2) is 0 Å². The van der Waals surface area contributed by atoms with Crippen molar-refractivity contribution in [3.63, 3.8) is 0 Å². The maximum absolute atomic E-state index is 11.1. The van der Waals surface area contributed by atoms with Crippen molar-refractivity contribution < 1.29 is 15.0 Å². The first-order valence-electron chi connectivity index (χ1n) is 6.00. The van der Waals surface area contributed by atoms with Crippen LogP contribution >= 0.6 is 0 Å². The van der Waals surface area contributed by atoms with Crippen LogP contribution in [0.4, 0.5) is 0 Å². The second-order valence-electron chi connectivity index (χ2n) is 4.36. The monoisotopic (exact) mass is 254 g/mol. The Hall–Kier alpha value is -1.44. The predicted molar refractivity (Wildman–Crippen MR) is 64.0 cm³/mol. The van der Waals surface area contributed by atoms with Gasteiger partial charge >= 0.3 is 5.97 Å². The van der Waals surface area contributed by atoms with Crippen LogP contribution < -0.4 is 5.32 Å². The average molecular weight is 254 g/mol. The van der Waals surface area contributed by atoms with Crippen molar-refractivity contribution in [2.45, 2.75) is 19.1 Å². The van der Waals surface area contributed by atoms with Crippen molar-refractivity contribution in [2.75, 3.05) is 26.2 Å². The Kier molecular flexibility index (Phi) is 4.29. The molecule has 1 fully saturated rings. The Morgan fingerprint density at radius 3 is 3.17 bits per heavy atom. The van der Waals surface area contributed by atoms with E-state index in [0.717, 1.165) is 12.1 Å². The zero-order valence-electron chi connectivity index (χ0n) is 10.1. The van der Waals surface area contributed by atoms with Crippen molar-refractivity contribution in [1.82, 2.24) is 20.0 Å². The average Bonchev–Trinajstić information content (AvgIpc) is 2.77. The predicted octanol–water partition coefficient (Wildman–Crippen LogP) is -1.27. The summed E-state index contributed by atoms with van der Waals surface area (Å²) in [6.07, 6.45) is 3.56. The van der Waals surface area contributed by atoms with Crippen LogP contribution in [0.25, 0.3) is 0 Å². The highest BCUT2D eigenvalue weighted by Gasteiger charge is 2.28. The first-order chi connectivity index (χ1) is 8.70. The number of carbonyl (C=O) groups is 1. The summed E-state index contributed by atoms with van der Waals surface area (Å²) in [7, 11) is 0. The second-order valence-corrected chi connectivity index (χ2v) is 4.36. The summed E-state index contributed by atoms with van der Waals surface area (Å²) in [5, 5.41) is 25.1. The van der Waals surface area contributed by atoms with E-state index in [-0.39, 0.29) is 6.61 Å². The molecule has 0 bridgehead atoms. The number of nitrogens with zero attached hydrogens (tertiary/aromatic N) is 3. The molecule has 2 rings (SSSR count). The zero-order chi connectivity index (χ0) is 13.0. The quantitative estimate of drug-likeness (QED) is 0.607. The first-order valence-corrected chi connectivity index (χ1v) is 6.00. The van der Waals surface area contributed by atoms with Crippen LogP contribution in [0.3, 0.4) is 0 Å². The molecule has 18 heavy (non-hydrogen) atoms. The Bertz CT molecular complexity index is 407. The SMILES string of the molecule is O=C(O)C1CNCCN1Cc1cnn(CCO)c1. The highest BCUT2D eigenvalue weighted by Crippen LogP contribution is 2.10. The van der Waals surface area contributed by atoms with Gasteiger partial charge in [-0.1, -0.05) is 0 Å². The van der Waals surface area contributed by atoms with Gasteiger partial charge < -0.3 is 15.5 Å². The molecule has 0 saturated carbocycles. The molecule has 0 radical (unpaired) electrons. The van der Waals surface area contributed by atoms with Crippen molar-refractivity contribution >= 4 is 5.97 Å². The second kappa shape index (κ2) is 5.94. The number of hydrogen-bond acceptors (Lipinski definition) is 5. The molecule has 0 amide bonds. The lowest BCUT2D eigenvalue weighted by atomic mass is 10.1. The smallest absolute Gasteiger partial charge is 0.322 e. The molecule has 7 nitrogen and oxygen atoms in total. The summed E-state index contributed by atoms with van der Waals surface area (Å²) in [5.74, 6) is -0.801. The minimum atomic E-state index is -0.801. The van der Waals surface area contributed by atoms with E-state index in [9.17, 15) is 4.79 Å². The molecule has 1 saturated heterocycles. The molecule has 1 unspecified atom stereocenters. The number of aliphatic carboxylic acids is 1. The number of aliphatic hydroxyl groups excluding tert-OH is 1. The number of nitrogens with one attached hydrogen (secondary N) is 1. The van der Waals surface area contributed by atoms with E-state index in [4.69, 9.17) is 10.2 Å². The number of aromatic nitrogens is 2. The summed E-state index contributed by atoms with van der Waals surface area (Å²) < 4.78 is 1.66. The van der Waals surface area contributed by atoms with Crippen molar-refractivity contribution in [1.29, 1.82) is 0 Å². The van der Waals surface area contributed by atoms with Crippen molar-refractivity contribution in [2.24, 2.45) is 0 Å². The molecule has 1 aliphatic rings. The van der Waals surface area contributed by atoms with Gasteiger partial charge in [-0.2, -0.15) is 5.10 Å². The molecule has 0 spiro atoms. The van der Waals surface area contributed by atoms with Crippen LogP contribution in [0, 0.1) is 0 Å². The zero-order valence-corrected chi connectivity index (χ0v) is 10.1. The largest absolute Gasteiger partial charge is 0.480 e. The number of rotatable bonds is 5. The summed E-state index contributed by atoms with van der Waals surface area (Å²) in [5.41, 5.74) is 0.969. The van der Waals surface area contributed by atoms with Crippen LogP contribution in [0.1, 0.15) is 5.56 Å². The molecule has 1 aromatic rings. The molecule has 2 heterocycles. The van der Waals surface area contributed by atoms with Crippen LogP contribution in [0.2, 0.25) is 0 Å². The molecule has 100 valence electrons. The molecule has 3 N–H and O–H groups in total. The molecule has 1 aromatic heterocycles. The van der Waals surface area contributed by atoms with Gasteiger partial charge in [0.05, 0.1) is 19.3 Å². The van der Waals surface area contributed by atoms with E-state index < -0.39 is 12.0 Å². The minimum Gasteiger partial charge on any atom is -0.480 e. The van der Waals surface area contributed by atoms with Gasteiger partial charge in [-0.15, -0.1) is 0 Å². The van der Waals surface area contributed by atoms with E-state index >= 15 is 0 Å². The van der Waals surface area contributed by atoms with Crippen molar-refractivity contribution in [3.8, 4) is 0 Å². The van der Waals surface area contributed by atoms with E-state index in [0.29, 0.717) is 26.2 Å². The molecular weight excluding hydrogens is 236 g/mol. The molecule has 7 heteroatoms. The Morgan fingerprint density at radius 1 is 1.61 bits per heavy atom. The molecule has 1 atom stereocenters. The Balaban J connectivity index is 1.99. The Labute approximate surface area is 105 Å². The maximum Gasteiger partial charge on any atom is 0.322 e. The van der Waals surface area contributed by atoms with Crippen LogP contribution in [0.15, 0.2) is 12.4 Å². The molecular formula is C11H18N4O3. The van der Waals surface area contributed by atoms with E-state index in [1.807, 2.05) is 11.1 Å². The van der Waals surface area contributed by atoms with E-state index in [1.165, 1.54) is 0 Å².